The predicted octanol–water partition coefficient (Wildman–Crippen LogP) is 3.61. The monoisotopic (exact) mass is 352 g/mol. The summed E-state index contributed by atoms with van der Waals surface area (Å²) in [5.41, 5.74) is 0.225. The maximum Gasteiger partial charge on any atom is 0.338 e. The molecule has 0 heterocycles. The highest BCUT2D eigenvalue weighted by Gasteiger charge is 2.21. The molecule has 2 rings (SSSR count). The maximum absolute atomic E-state index is 12.1. The van der Waals surface area contributed by atoms with E-state index in [4.69, 9.17) is 30.5 Å². The second-order valence-corrected chi connectivity index (χ2v) is 5.21. The molecule has 7 heteroatoms. The van der Waals surface area contributed by atoms with Crippen LogP contribution < -0.4 is 14.2 Å². The quantitative estimate of drug-likeness (QED) is 0.604. The van der Waals surface area contributed by atoms with Gasteiger partial charge in [-0.25, -0.2) is 4.79 Å². The van der Waals surface area contributed by atoms with E-state index >= 15 is 0 Å². The molecule has 0 saturated carbocycles. The van der Waals surface area contributed by atoms with Crippen LogP contribution in [0, 0.1) is 0 Å². The number of esters is 2. The first-order valence-corrected chi connectivity index (χ1v) is 7.54. The van der Waals surface area contributed by atoms with Crippen molar-refractivity contribution >= 4 is 34.3 Å². The van der Waals surface area contributed by atoms with Crippen molar-refractivity contribution in [2.45, 2.75) is 13.8 Å². The van der Waals surface area contributed by atoms with Crippen molar-refractivity contribution in [2.24, 2.45) is 0 Å². The van der Waals surface area contributed by atoms with Gasteiger partial charge < -0.3 is 18.9 Å². The lowest BCUT2D eigenvalue weighted by atomic mass is 10.0. The van der Waals surface area contributed by atoms with Gasteiger partial charge in [-0.2, -0.15) is 0 Å². The van der Waals surface area contributed by atoms with Crippen LogP contribution in [-0.4, -0.2) is 32.8 Å². The number of hydrogen-bond acceptors (Lipinski definition) is 6. The highest BCUT2D eigenvalue weighted by molar-refractivity contribution is 6.34. The number of benzene rings is 2. The van der Waals surface area contributed by atoms with E-state index in [2.05, 4.69) is 0 Å². The number of carbonyl (C=O) groups is 2. The standard InChI is InChI=1S/C17H17ClO6/c1-5-23-17(20)10-6-11-13(21-3)8-12(18)16(22-4)15(11)14(7-10)24-9(2)19/h6-8H,5H2,1-4H3. The lowest BCUT2D eigenvalue weighted by Crippen LogP contribution is -2.08. The molecule has 0 atom stereocenters. The van der Waals surface area contributed by atoms with Crippen LogP contribution in [0.25, 0.3) is 10.8 Å². The van der Waals surface area contributed by atoms with Crippen LogP contribution in [0.15, 0.2) is 18.2 Å². The molecule has 0 N–H and O–H groups in total. The molecule has 0 bridgehead atoms. The number of ether oxygens (including phenoxy) is 4. The Morgan fingerprint density at radius 3 is 2.33 bits per heavy atom. The Bertz CT molecular complexity index is 800. The molecule has 0 unspecified atom stereocenters. The van der Waals surface area contributed by atoms with Crippen molar-refractivity contribution in [1.82, 2.24) is 0 Å². The molecular weight excluding hydrogens is 336 g/mol. The van der Waals surface area contributed by atoms with E-state index in [-0.39, 0.29) is 17.9 Å². The van der Waals surface area contributed by atoms with E-state index in [1.807, 2.05) is 0 Å². The van der Waals surface area contributed by atoms with Gasteiger partial charge in [0, 0.05) is 18.4 Å². The zero-order valence-electron chi connectivity index (χ0n) is 13.8. The van der Waals surface area contributed by atoms with Gasteiger partial charge in [-0.15, -0.1) is 0 Å². The van der Waals surface area contributed by atoms with Crippen LogP contribution in [0.1, 0.15) is 24.2 Å². The van der Waals surface area contributed by atoms with Crippen molar-refractivity contribution in [3.63, 3.8) is 0 Å². The second-order valence-electron chi connectivity index (χ2n) is 4.80. The molecule has 0 radical (unpaired) electrons. The number of methoxy groups -OCH3 is 2. The summed E-state index contributed by atoms with van der Waals surface area (Å²) in [6.45, 7) is 3.19. The van der Waals surface area contributed by atoms with Gasteiger partial charge in [0.15, 0.2) is 0 Å². The van der Waals surface area contributed by atoms with Crippen molar-refractivity contribution in [3.05, 3.63) is 28.8 Å². The van der Waals surface area contributed by atoms with E-state index in [0.29, 0.717) is 27.3 Å². The van der Waals surface area contributed by atoms with E-state index in [1.165, 1.54) is 27.2 Å². The fourth-order valence-corrected chi connectivity index (χ4v) is 2.63. The van der Waals surface area contributed by atoms with Gasteiger partial charge in [0.05, 0.1) is 36.8 Å². The van der Waals surface area contributed by atoms with Crippen LogP contribution in [-0.2, 0) is 9.53 Å². The molecule has 0 spiro atoms. The zero-order chi connectivity index (χ0) is 17.9. The number of carbonyl (C=O) groups excluding carboxylic acids is 2. The third-order valence-corrected chi connectivity index (χ3v) is 3.54. The Morgan fingerprint density at radius 2 is 1.79 bits per heavy atom. The average Bonchev–Trinajstić information content (AvgIpc) is 2.53. The van der Waals surface area contributed by atoms with Gasteiger partial charge in [0.1, 0.15) is 17.2 Å². The molecule has 0 aliphatic heterocycles. The van der Waals surface area contributed by atoms with Gasteiger partial charge in [0.25, 0.3) is 0 Å². The fraction of sp³-hybridized carbons (Fsp3) is 0.294. The Hall–Kier alpha value is -2.47. The predicted molar refractivity (Wildman–Crippen MR) is 89.3 cm³/mol. The molecule has 0 aromatic heterocycles. The Labute approximate surface area is 144 Å². The van der Waals surface area contributed by atoms with E-state index in [0.717, 1.165) is 0 Å². The average molecular weight is 353 g/mol. The van der Waals surface area contributed by atoms with Crippen molar-refractivity contribution in [2.75, 3.05) is 20.8 Å². The summed E-state index contributed by atoms with van der Waals surface area (Å²) in [7, 11) is 2.92. The largest absolute Gasteiger partial charge is 0.496 e. The molecule has 128 valence electrons. The van der Waals surface area contributed by atoms with Crippen LogP contribution >= 0.6 is 11.6 Å². The minimum absolute atomic E-state index is 0.140. The van der Waals surface area contributed by atoms with Crippen molar-refractivity contribution in [3.8, 4) is 17.2 Å². The van der Waals surface area contributed by atoms with Crippen LogP contribution in [0.2, 0.25) is 5.02 Å². The molecule has 2 aromatic carbocycles. The lowest BCUT2D eigenvalue weighted by Gasteiger charge is -2.16. The smallest absolute Gasteiger partial charge is 0.338 e. The lowest BCUT2D eigenvalue weighted by molar-refractivity contribution is -0.131. The number of halogens is 1. The first-order valence-electron chi connectivity index (χ1n) is 7.16. The topological polar surface area (TPSA) is 71.1 Å². The summed E-state index contributed by atoms with van der Waals surface area (Å²) in [4.78, 5) is 23.5. The first kappa shape index (κ1) is 17.9. The molecule has 0 saturated heterocycles. The summed E-state index contributed by atoms with van der Waals surface area (Å²) in [5, 5.41) is 1.24. The molecule has 2 aromatic rings. The van der Waals surface area contributed by atoms with Crippen molar-refractivity contribution in [1.29, 1.82) is 0 Å². The van der Waals surface area contributed by atoms with Gasteiger partial charge >= 0.3 is 11.9 Å². The summed E-state index contributed by atoms with van der Waals surface area (Å²) in [5.74, 6) is -0.211. The minimum Gasteiger partial charge on any atom is -0.496 e. The molecule has 0 aliphatic rings. The number of rotatable bonds is 5. The highest BCUT2D eigenvalue weighted by Crippen LogP contribution is 2.44. The Balaban J connectivity index is 2.86. The van der Waals surface area contributed by atoms with Crippen molar-refractivity contribution < 1.29 is 28.5 Å². The molecule has 0 fully saturated rings. The van der Waals surface area contributed by atoms with Gasteiger partial charge in [-0.05, 0) is 19.1 Å². The molecule has 24 heavy (non-hydrogen) atoms. The summed E-state index contributed by atoms with van der Waals surface area (Å²) < 4.78 is 20.9. The molecule has 0 amide bonds. The Morgan fingerprint density at radius 1 is 1.08 bits per heavy atom. The third-order valence-electron chi connectivity index (χ3n) is 3.26. The fourth-order valence-electron chi connectivity index (χ4n) is 2.36. The third kappa shape index (κ3) is 3.38. The SMILES string of the molecule is CCOC(=O)c1cc(OC(C)=O)c2c(OC)c(Cl)cc(OC)c2c1. The van der Waals surface area contributed by atoms with E-state index in [9.17, 15) is 9.59 Å². The van der Waals surface area contributed by atoms with Crippen LogP contribution in [0.4, 0.5) is 0 Å². The first-order chi connectivity index (χ1) is 11.4. The Kier molecular flexibility index (Phi) is 5.51. The van der Waals surface area contributed by atoms with E-state index < -0.39 is 11.9 Å². The molecule has 6 nitrogen and oxygen atoms in total. The van der Waals surface area contributed by atoms with Gasteiger partial charge in [-0.1, -0.05) is 11.6 Å². The normalized spacial score (nSPS) is 10.4. The minimum atomic E-state index is -0.543. The summed E-state index contributed by atoms with van der Waals surface area (Å²) >= 11 is 6.21. The summed E-state index contributed by atoms with van der Waals surface area (Å²) in [6.07, 6.45) is 0. The van der Waals surface area contributed by atoms with Crippen LogP contribution in [0.3, 0.4) is 0 Å². The number of fused-ring (bicyclic) bond motifs is 1. The van der Waals surface area contributed by atoms with Gasteiger partial charge in [-0.3, -0.25) is 4.79 Å². The van der Waals surface area contributed by atoms with E-state index in [1.54, 1.807) is 19.1 Å². The number of hydrogen-bond donors (Lipinski definition) is 0. The highest BCUT2D eigenvalue weighted by atomic mass is 35.5. The molecular formula is C17H17ClO6. The maximum atomic E-state index is 12.1. The van der Waals surface area contributed by atoms with Crippen LogP contribution in [0.5, 0.6) is 17.2 Å². The van der Waals surface area contributed by atoms with Gasteiger partial charge in [0.2, 0.25) is 0 Å². The zero-order valence-corrected chi connectivity index (χ0v) is 14.5. The molecule has 0 aliphatic carbocycles. The summed E-state index contributed by atoms with van der Waals surface area (Å²) in [6, 6.07) is 4.56. The second kappa shape index (κ2) is 7.40.